The fraction of sp³-hybridized carbons (Fsp3) is 0.200. The van der Waals surface area contributed by atoms with Crippen LogP contribution in [0.4, 0.5) is 11.5 Å². The first-order valence-electron chi connectivity index (χ1n) is 12.4. The van der Waals surface area contributed by atoms with E-state index in [9.17, 15) is 4.79 Å². The van der Waals surface area contributed by atoms with E-state index in [1.54, 1.807) is 23.2 Å². The van der Waals surface area contributed by atoms with Gasteiger partial charge in [0.1, 0.15) is 35.8 Å². The van der Waals surface area contributed by atoms with Crippen molar-refractivity contribution in [3.8, 4) is 23.3 Å². The molecule has 39 heavy (non-hydrogen) atoms. The zero-order valence-electron chi connectivity index (χ0n) is 21.6. The van der Waals surface area contributed by atoms with E-state index in [1.807, 2.05) is 50.2 Å². The number of halogens is 1. The molecular formula is C30H26ClN5O3. The number of amides is 1. The Kier molecular flexibility index (Phi) is 7.35. The van der Waals surface area contributed by atoms with Gasteiger partial charge in [0.05, 0.1) is 34.9 Å². The number of nitrogens with one attached hydrogen (secondary N) is 1. The minimum Gasteiger partial charge on any atom is -0.492 e. The molecular weight excluding hydrogens is 514 g/mol. The quantitative estimate of drug-likeness (QED) is 0.179. The zero-order valence-corrected chi connectivity index (χ0v) is 22.3. The van der Waals surface area contributed by atoms with Crippen LogP contribution in [0.5, 0.6) is 11.5 Å². The predicted molar refractivity (Wildman–Crippen MR) is 151 cm³/mol. The summed E-state index contributed by atoms with van der Waals surface area (Å²) in [5.74, 6) is 8.04. The average Bonchev–Trinajstić information content (AvgIpc) is 3.63. The highest BCUT2D eigenvalue weighted by Crippen LogP contribution is 2.34. The fourth-order valence-electron chi connectivity index (χ4n) is 4.04. The third-order valence-electron chi connectivity index (χ3n) is 6.20. The van der Waals surface area contributed by atoms with Crippen LogP contribution < -0.4 is 14.8 Å². The van der Waals surface area contributed by atoms with Crippen LogP contribution in [-0.2, 0) is 11.4 Å². The fourth-order valence-corrected chi connectivity index (χ4v) is 4.27. The number of fused-ring (bicyclic) bond motifs is 1. The van der Waals surface area contributed by atoms with Crippen molar-refractivity contribution in [2.24, 2.45) is 0 Å². The number of ether oxygens (including phenoxy) is 2. The van der Waals surface area contributed by atoms with Crippen LogP contribution in [-0.4, -0.2) is 44.4 Å². The third kappa shape index (κ3) is 5.79. The lowest BCUT2D eigenvalue weighted by molar-refractivity contribution is -0.121. The van der Waals surface area contributed by atoms with Crippen molar-refractivity contribution in [1.82, 2.24) is 19.9 Å². The Bertz CT molecular complexity index is 1620. The van der Waals surface area contributed by atoms with Gasteiger partial charge in [0.25, 0.3) is 0 Å². The molecule has 9 heteroatoms. The van der Waals surface area contributed by atoms with Crippen LogP contribution in [0, 0.1) is 11.8 Å². The van der Waals surface area contributed by atoms with Crippen LogP contribution in [0.25, 0.3) is 10.9 Å². The molecule has 3 heterocycles. The van der Waals surface area contributed by atoms with E-state index in [0.717, 1.165) is 16.8 Å². The predicted octanol–water partition coefficient (Wildman–Crippen LogP) is 5.54. The molecule has 0 radical (unpaired) electrons. The summed E-state index contributed by atoms with van der Waals surface area (Å²) in [5, 5.41) is 4.54. The summed E-state index contributed by atoms with van der Waals surface area (Å²) >= 11 is 6.51. The maximum Gasteiger partial charge on any atom is 0.247 e. The summed E-state index contributed by atoms with van der Waals surface area (Å²) in [7, 11) is 0. The molecule has 0 aliphatic carbocycles. The van der Waals surface area contributed by atoms with Crippen LogP contribution in [0.1, 0.15) is 25.1 Å². The number of aromatic nitrogens is 3. The van der Waals surface area contributed by atoms with Crippen LogP contribution in [0.2, 0.25) is 5.02 Å². The van der Waals surface area contributed by atoms with E-state index in [4.69, 9.17) is 21.1 Å². The van der Waals surface area contributed by atoms with Crippen molar-refractivity contribution in [3.63, 3.8) is 0 Å². The molecule has 0 bridgehead atoms. The lowest BCUT2D eigenvalue weighted by atomic mass is 10.1. The van der Waals surface area contributed by atoms with Crippen molar-refractivity contribution in [2.75, 3.05) is 18.5 Å². The van der Waals surface area contributed by atoms with Crippen molar-refractivity contribution in [2.45, 2.75) is 26.0 Å². The first kappa shape index (κ1) is 26.0. The lowest BCUT2D eigenvalue weighted by Gasteiger charge is -2.13. The number of nitrogens with zero attached hydrogens (tertiary/aromatic N) is 4. The summed E-state index contributed by atoms with van der Waals surface area (Å²) in [6.45, 7) is 8.73. The summed E-state index contributed by atoms with van der Waals surface area (Å²) in [6.07, 6.45) is 4.51. The molecule has 1 amide bonds. The smallest absolute Gasteiger partial charge is 0.247 e. The molecule has 8 nitrogen and oxygen atoms in total. The molecule has 196 valence electrons. The van der Waals surface area contributed by atoms with Crippen LogP contribution in [0.15, 0.2) is 73.7 Å². The second kappa shape index (κ2) is 11.0. The van der Waals surface area contributed by atoms with Crippen molar-refractivity contribution < 1.29 is 14.3 Å². The van der Waals surface area contributed by atoms with E-state index in [0.29, 0.717) is 53.2 Å². The third-order valence-corrected chi connectivity index (χ3v) is 6.49. The highest BCUT2D eigenvalue weighted by molar-refractivity contribution is 6.32. The van der Waals surface area contributed by atoms with E-state index >= 15 is 0 Å². The standard InChI is InChI=1S/C30H26ClN5O3/c1-4-28(37)36-18-30(36,3)12-11-20-14-23-25(16-27(20)38-5-2)33-19-34-29(23)35-21-9-10-26(24(31)15-21)39-17-22-8-6-7-13-32-22/h4,6-10,13-16,19H,1,5,17-18H2,2-3H3,(H,33,34,35). The van der Waals surface area contributed by atoms with Gasteiger partial charge < -0.3 is 19.7 Å². The number of hydrogen-bond acceptors (Lipinski definition) is 7. The Morgan fingerprint density at radius 1 is 1.18 bits per heavy atom. The molecule has 1 N–H and O–H groups in total. The number of carbonyl (C=O) groups is 1. The average molecular weight is 540 g/mol. The monoisotopic (exact) mass is 539 g/mol. The summed E-state index contributed by atoms with van der Waals surface area (Å²) in [4.78, 5) is 26.8. The van der Waals surface area contributed by atoms with E-state index < -0.39 is 5.54 Å². The minimum absolute atomic E-state index is 0.137. The minimum atomic E-state index is -0.533. The number of rotatable bonds is 8. The lowest BCUT2D eigenvalue weighted by Crippen LogP contribution is -2.16. The highest BCUT2D eigenvalue weighted by atomic mass is 35.5. The molecule has 4 aromatic rings. The number of hydrogen-bond donors (Lipinski definition) is 1. The number of carbonyl (C=O) groups excluding carboxylic acids is 1. The number of anilines is 2. The maximum absolute atomic E-state index is 12.0. The van der Waals surface area contributed by atoms with Crippen molar-refractivity contribution in [3.05, 3.63) is 90.0 Å². The first-order chi connectivity index (χ1) is 18.9. The Labute approximate surface area is 231 Å². The van der Waals surface area contributed by atoms with Crippen LogP contribution in [0.3, 0.4) is 0 Å². The van der Waals surface area contributed by atoms with Gasteiger partial charge in [-0.05, 0) is 56.3 Å². The second-order valence-corrected chi connectivity index (χ2v) is 9.46. The van der Waals surface area contributed by atoms with Gasteiger partial charge in [-0.3, -0.25) is 9.78 Å². The van der Waals surface area contributed by atoms with Crippen molar-refractivity contribution in [1.29, 1.82) is 0 Å². The molecule has 1 saturated heterocycles. The summed E-state index contributed by atoms with van der Waals surface area (Å²) < 4.78 is 11.7. The molecule has 1 fully saturated rings. The molecule has 0 spiro atoms. The summed E-state index contributed by atoms with van der Waals surface area (Å²) in [6, 6.07) is 14.8. The van der Waals surface area contributed by atoms with E-state index in [-0.39, 0.29) is 5.91 Å². The van der Waals surface area contributed by atoms with Gasteiger partial charge in [0.15, 0.2) is 0 Å². The zero-order chi connectivity index (χ0) is 27.4. The molecule has 1 atom stereocenters. The van der Waals surface area contributed by atoms with Gasteiger partial charge >= 0.3 is 0 Å². The maximum atomic E-state index is 12.0. The second-order valence-electron chi connectivity index (χ2n) is 9.05. The Morgan fingerprint density at radius 2 is 2.05 bits per heavy atom. The topological polar surface area (TPSA) is 89.2 Å². The van der Waals surface area contributed by atoms with E-state index in [1.165, 1.54) is 12.4 Å². The van der Waals surface area contributed by atoms with E-state index in [2.05, 4.69) is 38.7 Å². The van der Waals surface area contributed by atoms with Gasteiger partial charge in [-0.15, -0.1) is 0 Å². The molecule has 1 aliphatic rings. The van der Waals surface area contributed by atoms with Crippen molar-refractivity contribution >= 4 is 39.9 Å². The van der Waals surface area contributed by atoms with Gasteiger partial charge in [0, 0.05) is 23.3 Å². The molecule has 2 aromatic heterocycles. The van der Waals surface area contributed by atoms with Gasteiger partial charge in [-0.25, -0.2) is 9.97 Å². The molecule has 5 rings (SSSR count). The SMILES string of the molecule is C=CC(=O)N1CC1(C)C#Cc1cc2c(Nc3ccc(OCc4ccccn4)c(Cl)c3)ncnc2cc1OCC. The summed E-state index contributed by atoms with van der Waals surface area (Å²) in [5.41, 5.74) is 2.39. The highest BCUT2D eigenvalue weighted by Gasteiger charge is 2.49. The molecule has 1 unspecified atom stereocenters. The van der Waals surface area contributed by atoms with Gasteiger partial charge in [-0.1, -0.05) is 36.1 Å². The largest absolute Gasteiger partial charge is 0.492 e. The Balaban J connectivity index is 1.41. The van der Waals surface area contributed by atoms with Crippen LogP contribution >= 0.6 is 11.6 Å². The van der Waals surface area contributed by atoms with Gasteiger partial charge in [-0.2, -0.15) is 0 Å². The Morgan fingerprint density at radius 3 is 2.79 bits per heavy atom. The molecule has 1 aliphatic heterocycles. The first-order valence-corrected chi connectivity index (χ1v) is 12.8. The Hall–Kier alpha value is -4.61. The number of pyridine rings is 1. The van der Waals surface area contributed by atoms with Gasteiger partial charge in [0.2, 0.25) is 5.91 Å². The molecule has 0 saturated carbocycles. The molecule has 2 aromatic carbocycles. The number of benzene rings is 2. The normalized spacial score (nSPS) is 15.7.